The zero-order valence-electron chi connectivity index (χ0n) is 14.0. The maximum absolute atomic E-state index is 12.8. The van der Waals surface area contributed by atoms with Crippen molar-refractivity contribution >= 4 is 11.8 Å². The van der Waals surface area contributed by atoms with Crippen LogP contribution in [0.15, 0.2) is 0 Å². The molecule has 4 nitrogen and oxygen atoms in total. The second-order valence-electron chi connectivity index (χ2n) is 7.04. The molecule has 4 heteroatoms. The number of nitrogens with zero attached hydrogens (tertiary/aromatic N) is 1. The van der Waals surface area contributed by atoms with Crippen molar-refractivity contribution in [2.45, 2.75) is 66.5 Å². The van der Waals surface area contributed by atoms with Gasteiger partial charge in [-0.05, 0) is 31.1 Å². The fraction of sp³-hybridized carbons (Fsp3) is 0.875. The summed E-state index contributed by atoms with van der Waals surface area (Å²) in [4.78, 5) is 27.0. The van der Waals surface area contributed by atoms with Crippen LogP contribution in [0.2, 0.25) is 0 Å². The van der Waals surface area contributed by atoms with E-state index < -0.39 is 5.54 Å². The van der Waals surface area contributed by atoms with Crippen LogP contribution in [0.5, 0.6) is 0 Å². The highest BCUT2D eigenvalue weighted by Gasteiger charge is 2.48. The highest BCUT2D eigenvalue weighted by Crippen LogP contribution is 2.27. The van der Waals surface area contributed by atoms with E-state index in [1.54, 1.807) is 0 Å². The third-order valence-corrected chi connectivity index (χ3v) is 4.70. The molecule has 1 aliphatic heterocycles. The summed E-state index contributed by atoms with van der Waals surface area (Å²) in [5.41, 5.74) is -0.751. The van der Waals surface area contributed by atoms with E-state index in [2.05, 4.69) is 26.1 Å². The van der Waals surface area contributed by atoms with Gasteiger partial charge < -0.3 is 10.2 Å². The number of carbonyl (C=O) groups is 2. The van der Waals surface area contributed by atoms with E-state index in [4.69, 9.17) is 0 Å². The molecule has 0 aliphatic carbocycles. The molecule has 1 N–H and O–H groups in total. The average molecular weight is 282 g/mol. The number of amides is 2. The fourth-order valence-electron chi connectivity index (χ4n) is 2.60. The molecule has 0 bridgehead atoms. The van der Waals surface area contributed by atoms with E-state index in [1.165, 1.54) is 0 Å². The summed E-state index contributed by atoms with van der Waals surface area (Å²) in [5, 5.41) is 2.93. The molecule has 20 heavy (non-hydrogen) atoms. The van der Waals surface area contributed by atoms with Crippen molar-refractivity contribution in [3.8, 4) is 0 Å². The van der Waals surface area contributed by atoms with Gasteiger partial charge in [0.05, 0.1) is 0 Å². The van der Waals surface area contributed by atoms with Crippen LogP contribution in [0.1, 0.15) is 54.9 Å². The molecule has 0 saturated carbocycles. The van der Waals surface area contributed by atoms with E-state index in [0.29, 0.717) is 24.8 Å². The molecular formula is C16H30N2O2. The van der Waals surface area contributed by atoms with Crippen molar-refractivity contribution in [2.24, 2.45) is 17.8 Å². The summed E-state index contributed by atoms with van der Waals surface area (Å²) in [6.45, 7) is 14.9. The number of nitrogens with one attached hydrogen (secondary N) is 1. The summed E-state index contributed by atoms with van der Waals surface area (Å²) in [6.07, 6.45) is 0.620. The number of carbonyl (C=O) groups excluding carboxylic acids is 2. The molecule has 3 unspecified atom stereocenters. The van der Waals surface area contributed by atoms with Crippen molar-refractivity contribution in [3.63, 3.8) is 0 Å². The van der Waals surface area contributed by atoms with Crippen LogP contribution in [0, 0.1) is 17.8 Å². The lowest BCUT2D eigenvalue weighted by atomic mass is 9.86. The molecule has 0 aromatic carbocycles. The van der Waals surface area contributed by atoms with E-state index in [1.807, 2.05) is 32.6 Å². The maximum atomic E-state index is 12.8. The fourth-order valence-corrected chi connectivity index (χ4v) is 2.60. The minimum Gasteiger partial charge on any atom is -0.340 e. The number of piperazine rings is 1. The van der Waals surface area contributed by atoms with Gasteiger partial charge in [0.25, 0.3) is 0 Å². The summed E-state index contributed by atoms with van der Waals surface area (Å²) < 4.78 is 0. The predicted molar refractivity (Wildman–Crippen MR) is 81.2 cm³/mol. The number of hydrogen-bond acceptors (Lipinski definition) is 2. The third kappa shape index (κ3) is 3.15. The normalized spacial score (nSPS) is 29.1. The van der Waals surface area contributed by atoms with Crippen LogP contribution in [-0.4, -0.2) is 34.8 Å². The SMILES string of the molecule is CCC1(C)NC(=O)C(C(C)C)N(CC(C)C(C)C)C1=O. The van der Waals surface area contributed by atoms with Crippen molar-refractivity contribution in [1.29, 1.82) is 0 Å². The largest absolute Gasteiger partial charge is 0.340 e. The van der Waals surface area contributed by atoms with E-state index in [0.717, 1.165) is 0 Å². The van der Waals surface area contributed by atoms with E-state index in [-0.39, 0.29) is 23.8 Å². The third-order valence-electron chi connectivity index (χ3n) is 4.70. The van der Waals surface area contributed by atoms with Gasteiger partial charge in [-0.1, -0.05) is 41.5 Å². The monoisotopic (exact) mass is 282 g/mol. The van der Waals surface area contributed by atoms with Gasteiger partial charge in [-0.2, -0.15) is 0 Å². The Labute approximate surface area is 123 Å². The Hall–Kier alpha value is -1.06. The first-order chi connectivity index (χ1) is 9.14. The van der Waals surface area contributed by atoms with E-state index >= 15 is 0 Å². The molecule has 2 amide bonds. The van der Waals surface area contributed by atoms with Crippen LogP contribution in [0.3, 0.4) is 0 Å². The Kier molecular flexibility index (Phi) is 5.22. The van der Waals surface area contributed by atoms with Gasteiger partial charge in [0, 0.05) is 6.54 Å². The van der Waals surface area contributed by atoms with Gasteiger partial charge in [-0.3, -0.25) is 9.59 Å². The highest BCUT2D eigenvalue weighted by atomic mass is 16.2. The average Bonchev–Trinajstić information content (AvgIpc) is 2.34. The summed E-state index contributed by atoms with van der Waals surface area (Å²) >= 11 is 0. The van der Waals surface area contributed by atoms with Gasteiger partial charge in [-0.15, -0.1) is 0 Å². The Morgan fingerprint density at radius 2 is 1.75 bits per heavy atom. The molecule has 1 saturated heterocycles. The van der Waals surface area contributed by atoms with Crippen LogP contribution >= 0.6 is 0 Å². The Morgan fingerprint density at radius 1 is 1.20 bits per heavy atom. The zero-order valence-corrected chi connectivity index (χ0v) is 14.0. The number of hydrogen-bond donors (Lipinski definition) is 1. The summed E-state index contributed by atoms with van der Waals surface area (Å²) in [7, 11) is 0. The smallest absolute Gasteiger partial charge is 0.248 e. The summed E-state index contributed by atoms with van der Waals surface area (Å²) in [6, 6.07) is -0.344. The van der Waals surface area contributed by atoms with Crippen LogP contribution in [0.4, 0.5) is 0 Å². The molecule has 1 heterocycles. The van der Waals surface area contributed by atoms with Crippen molar-refractivity contribution in [1.82, 2.24) is 10.2 Å². The second-order valence-corrected chi connectivity index (χ2v) is 7.04. The molecule has 1 rings (SSSR count). The number of rotatable bonds is 5. The zero-order chi connectivity index (χ0) is 15.7. The van der Waals surface area contributed by atoms with E-state index in [9.17, 15) is 9.59 Å². The van der Waals surface area contributed by atoms with Gasteiger partial charge in [-0.25, -0.2) is 0 Å². The van der Waals surface area contributed by atoms with Crippen LogP contribution in [0.25, 0.3) is 0 Å². The Balaban J connectivity index is 3.08. The molecule has 1 aliphatic rings. The first-order valence-electron chi connectivity index (χ1n) is 7.77. The minimum atomic E-state index is -0.751. The molecule has 0 spiro atoms. The lowest BCUT2D eigenvalue weighted by Crippen LogP contribution is -2.70. The van der Waals surface area contributed by atoms with Crippen molar-refractivity contribution in [3.05, 3.63) is 0 Å². The van der Waals surface area contributed by atoms with Crippen molar-refractivity contribution in [2.75, 3.05) is 6.54 Å². The Morgan fingerprint density at radius 3 is 2.15 bits per heavy atom. The molecule has 0 radical (unpaired) electrons. The molecular weight excluding hydrogens is 252 g/mol. The second kappa shape index (κ2) is 6.15. The summed E-state index contributed by atoms with van der Waals surface area (Å²) in [5.74, 6) is 1.05. The predicted octanol–water partition coefficient (Wildman–Crippen LogP) is 2.43. The minimum absolute atomic E-state index is 0.0140. The standard InChI is InChI=1S/C16H30N2O2/c1-8-16(7)15(20)18(9-12(6)10(2)3)13(11(4)5)14(19)17-16/h10-13H,8-9H2,1-7H3,(H,17,19). The maximum Gasteiger partial charge on any atom is 0.248 e. The highest BCUT2D eigenvalue weighted by molar-refractivity contribution is 5.99. The van der Waals surface area contributed by atoms with Crippen LogP contribution < -0.4 is 5.32 Å². The molecule has 3 atom stereocenters. The first kappa shape index (κ1) is 17.0. The van der Waals surface area contributed by atoms with Crippen LogP contribution in [-0.2, 0) is 9.59 Å². The molecule has 1 fully saturated rings. The Bertz CT molecular complexity index is 379. The molecule has 116 valence electrons. The van der Waals surface area contributed by atoms with Gasteiger partial charge in [0.2, 0.25) is 11.8 Å². The topological polar surface area (TPSA) is 49.4 Å². The van der Waals surface area contributed by atoms with Gasteiger partial charge in [0.15, 0.2) is 0 Å². The molecule has 0 aromatic rings. The lowest BCUT2D eigenvalue weighted by Gasteiger charge is -2.46. The molecule has 0 aromatic heterocycles. The van der Waals surface area contributed by atoms with Gasteiger partial charge >= 0.3 is 0 Å². The first-order valence-corrected chi connectivity index (χ1v) is 7.77. The quantitative estimate of drug-likeness (QED) is 0.842. The van der Waals surface area contributed by atoms with Gasteiger partial charge in [0.1, 0.15) is 11.6 Å². The lowest BCUT2D eigenvalue weighted by molar-refractivity contribution is -0.157. The van der Waals surface area contributed by atoms with Crippen molar-refractivity contribution < 1.29 is 9.59 Å².